The minimum atomic E-state index is -0.469. The van der Waals surface area contributed by atoms with Crippen LogP contribution in [0.4, 0.5) is 0 Å². The number of hydrogen-bond acceptors (Lipinski definition) is 5. The Balaban J connectivity index is 1.44. The third-order valence-corrected chi connectivity index (χ3v) is 4.13. The van der Waals surface area contributed by atoms with Gasteiger partial charge in [-0.05, 0) is 44.0 Å². The van der Waals surface area contributed by atoms with Crippen molar-refractivity contribution in [1.29, 1.82) is 0 Å². The van der Waals surface area contributed by atoms with E-state index < -0.39 is 6.10 Å². The van der Waals surface area contributed by atoms with Crippen molar-refractivity contribution < 1.29 is 19.3 Å². The number of likely N-dealkylation sites (tertiary alicyclic amines) is 1. The van der Waals surface area contributed by atoms with Crippen molar-refractivity contribution >= 4 is 0 Å². The summed E-state index contributed by atoms with van der Waals surface area (Å²) in [4.78, 5) is 2.31. The number of piperidine rings is 1. The fraction of sp³-hybridized carbons (Fsp3) is 0.625. The monoisotopic (exact) mass is 293 g/mol. The third-order valence-electron chi connectivity index (χ3n) is 4.13. The molecule has 5 heteroatoms. The van der Waals surface area contributed by atoms with Gasteiger partial charge < -0.3 is 24.2 Å². The van der Waals surface area contributed by atoms with Gasteiger partial charge in [-0.3, -0.25) is 0 Å². The second-order valence-electron chi connectivity index (χ2n) is 5.96. The van der Waals surface area contributed by atoms with E-state index in [9.17, 15) is 5.11 Å². The molecule has 2 heterocycles. The van der Waals surface area contributed by atoms with Crippen LogP contribution in [0, 0.1) is 5.92 Å². The standard InChI is InChI=1S/C16H23NO4/c1-12-4-6-17(7-5-12)9-13(18)10-19-14-2-3-15-16(8-14)21-11-20-15/h2-3,8,12-13,18H,4-7,9-11H2,1H3/t13-/m0/s1. The van der Waals surface area contributed by atoms with Gasteiger partial charge in [0.05, 0.1) is 0 Å². The Hall–Kier alpha value is -1.46. The Labute approximate surface area is 125 Å². The quantitative estimate of drug-likeness (QED) is 0.898. The van der Waals surface area contributed by atoms with Gasteiger partial charge in [-0.1, -0.05) is 6.92 Å². The van der Waals surface area contributed by atoms with Crippen LogP contribution >= 0.6 is 0 Å². The predicted molar refractivity (Wildman–Crippen MR) is 78.9 cm³/mol. The smallest absolute Gasteiger partial charge is 0.231 e. The summed E-state index contributed by atoms with van der Waals surface area (Å²) < 4.78 is 16.2. The summed E-state index contributed by atoms with van der Waals surface area (Å²) in [6.45, 7) is 5.67. The van der Waals surface area contributed by atoms with Gasteiger partial charge in [0.15, 0.2) is 11.5 Å². The fourth-order valence-electron chi connectivity index (χ4n) is 2.75. The largest absolute Gasteiger partial charge is 0.491 e. The van der Waals surface area contributed by atoms with Crippen LogP contribution in [-0.2, 0) is 0 Å². The highest BCUT2D eigenvalue weighted by Crippen LogP contribution is 2.35. The minimum Gasteiger partial charge on any atom is -0.491 e. The molecule has 2 aliphatic heterocycles. The van der Waals surface area contributed by atoms with E-state index in [0.717, 1.165) is 24.8 Å². The van der Waals surface area contributed by atoms with Gasteiger partial charge in [0.25, 0.3) is 0 Å². The Bertz CT molecular complexity index is 471. The van der Waals surface area contributed by atoms with E-state index in [1.807, 2.05) is 12.1 Å². The zero-order valence-electron chi connectivity index (χ0n) is 12.5. The molecular formula is C16H23NO4. The van der Waals surface area contributed by atoms with Crippen molar-refractivity contribution in [2.75, 3.05) is 33.0 Å². The number of benzene rings is 1. The summed E-state index contributed by atoms with van der Waals surface area (Å²) in [7, 11) is 0. The van der Waals surface area contributed by atoms with Gasteiger partial charge in [0.1, 0.15) is 18.5 Å². The molecule has 0 saturated carbocycles. The lowest BCUT2D eigenvalue weighted by Crippen LogP contribution is -2.40. The Morgan fingerprint density at radius 1 is 1.29 bits per heavy atom. The van der Waals surface area contributed by atoms with E-state index >= 15 is 0 Å². The number of aliphatic hydroxyl groups is 1. The maximum absolute atomic E-state index is 10.1. The fourth-order valence-corrected chi connectivity index (χ4v) is 2.75. The highest BCUT2D eigenvalue weighted by Gasteiger charge is 2.19. The van der Waals surface area contributed by atoms with Crippen LogP contribution in [0.1, 0.15) is 19.8 Å². The van der Waals surface area contributed by atoms with Crippen molar-refractivity contribution in [1.82, 2.24) is 4.90 Å². The molecule has 0 bridgehead atoms. The van der Waals surface area contributed by atoms with E-state index in [1.54, 1.807) is 6.07 Å². The van der Waals surface area contributed by atoms with Gasteiger partial charge in [-0.25, -0.2) is 0 Å². The highest BCUT2D eigenvalue weighted by molar-refractivity contribution is 5.46. The van der Waals surface area contributed by atoms with Gasteiger partial charge in [0.2, 0.25) is 6.79 Å². The van der Waals surface area contributed by atoms with E-state index in [0.29, 0.717) is 24.7 Å². The van der Waals surface area contributed by atoms with Crippen LogP contribution in [-0.4, -0.2) is 49.1 Å². The summed E-state index contributed by atoms with van der Waals surface area (Å²) >= 11 is 0. The molecule has 0 radical (unpaired) electrons. The molecule has 1 aromatic rings. The lowest BCUT2D eigenvalue weighted by Gasteiger charge is -2.31. The summed E-state index contributed by atoms with van der Waals surface area (Å²) in [5.74, 6) is 2.95. The molecule has 5 nitrogen and oxygen atoms in total. The molecular weight excluding hydrogens is 270 g/mol. The molecule has 1 fully saturated rings. The summed E-state index contributed by atoms with van der Waals surface area (Å²) in [5, 5.41) is 10.1. The van der Waals surface area contributed by atoms with Gasteiger partial charge in [0, 0.05) is 12.6 Å². The number of aliphatic hydroxyl groups excluding tert-OH is 1. The first-order chi connectivity index (χ1) is 10.2. The summed E-state index contributed by atoms with van der Waals surface area (Å²) in [5.41, 5.74) is 0. The number of fused-ring (bicyclic) bond motifs is 1. The third kappa shape index (κ3) is 3.80. The summed E-state index contributed by atoms with van der Waals surface area (Å²) in [6.07, 6.45) is 1.97. The zero-order chi connectivity index (χ0) is 14.7. The number of rotatable bonds is 5. The second kappa shape index (κ2) is 6.54. The lowest BCUT2D eigenvalue weighted by atomic mass is 9.99. The SMILES string of the molecule is CC1CCN(C[C@H](O)COc2ccc3c(c2)OCO3)CC1. The molecule has 0 spiro atoms. The minimum absolute atomic E-state index is 0.259. The maximum atomic E-state index is 10.1. The van der Waals surface area contributed by atoms with Crippen LogP contribution in [0.2, 0.25) is 0 Å². The van der Waals surface area contributed by atoms with Gasteiger partial charge in [-0.2, -0.15) is 0 Å². The number of ether oxygens (including phenoxy) is 3. The number of nitrogens with zero attached hydrogens (tertiary/aromatic N) is 1. The molecule has 0 amide bonds. The van der Waals surface area contributed by atoms with Crippen molar-refractivity contribution in [3.63, 3.8) is 0 Å². The van der Waals surface area contributed by atoms with Crippen LogP contribution in [0.25, 0.3) is 0 Å². The lowest BCUT2D eigenvalue weighted by molar-refractivity contribution is 0.0562. The van der Waals surface area contributed by atoms with E-state index in [4.69, 9.17) is 14.2 Å². The van der Waals surface area contributed by atoms with Gasteiger partial charge >= 0.3 is 0 Å². The molecule has 3 rings (SSSR count). The van der Waals surface area contributed by atoms with Gasteiger partial charge in [-0.15, -0.1) is 0 Å². The molecule has 1 N–H and O–H groups in total. The second-order valence-corrected chi connectivity index (χ2v) is 5.96. The first kappa shape index (κ1) is 14.5. The molecule has 116 valence electrons. The Kier molecular flexibility index (Phi) is 4.51. The number of β-amino-alcohol motifs (C(OH)–C–C–N with tert-alkyl or cyclic N) is 1. The molecule has 0 unspecified atom stereocenters. The average molecular weight is 293 g/mol. The van der Waals surface area contributed by atoms with Crippen molar-refractivity contribution in [2.24, 2.45) is 5.92 Å². The van der Waals surface area contributed by atoms with Crippen molar-refractivity contribution in [2.45, 2.75) is 25.9 Å². The molecule has 0 aromatic heterocycles. The Morgan fingerprint density at radius 3 is 2.86 bits per heavy atom. The molecule has 21 heavy (non-hydrogen) atoms. The van der Waals surface area contributed by atoms with E-state index in [2.05, 4.69) is 11.8 Å². The highest BCUT2D eigenvalue weighted by atomic mass is 16.7. The Morgan fingerprint density at radius 2 is 2.05 bits per heavy atom. The summed E-state index contributed by atoms with van der Waals surface area (Å²) in [6, 6.07) is 5.47. The van der Waals surface area contributed by atoms with Crippen LogP contribution in [0.3, 0.4) is 0 Å². The molecule has 0 aliphatic carbocycles. The molecule has 2 aliphatic rings. The van der Waals surface area contributed by atoms with Crippen molar-refractivity contribution in [3.05, 3.63) is 18.2 Å². The molecule has 1 aromatic carbocycles. The molecule has 1 saturated heterocycles. The van der Waals surface area contributed by atoms with E-state index in [-0.39, 0.29) is 6.79 Å². The van der Waals surface area contributed by atoms with Crippen LogP contribution in [0.5, 0.6) is 17.2 Å². The first-order valence-electron chi connectivity index (χ1n) is 7.63. The predicted octanol–water partition coefficient (Wildman–Crippen LogP) is 1.89. The maximum Gasteiger partial charge on any atom is 0.231 e. The van der Waals surface area contributed by atoms with E-state index in [1.165, 1.54) is 12.8 Å². The van der Waals surface area contributed by atoms with Crippen LogP contribution in [0.15, 0.2) is 18.2 Å². The first-order valence-corrected chi connectivity index (χ1v) is 7.63. The zero-order valence-corrected chi connectivity index (χ0v) is 12.5. The molecule has 1 atom stereocenters. The van der Waals surface area contributed by atoms with Crippen molar-refractivity contribution in [3.8, 4) is 17.2 Å². The normalized spacial score (nSPS) is 20.5. The number of hydrogen-bond donors (Lipinski definition) is 1. The topological polar surface area (TPSA) is 51.2 Å². The average Bonchev–Trinajstić information content (AvgIpc) is 2.95. The van der Waals surface area contributed by atoms with Crippen LogP contribution < -0.4 is 14.2 Å².